The van der Waals surface area contributed by atoms with Gasteiger partial charge in [0.2, 0.25) is 5.91 Å². The van der Waals surface area contributed by atoms with Crippen molar-refractivity contribution in [1.29, 1.82) is 5.26 Å². The van der Waals surface area contributed by atoms with E-state index in [0.29, 0.717) is 15.2 Å². The number of hydrogen-bond acceptors (Lipinski definition) is 6. The molecule has 1 atom stereocenters. The van der Waals surface area contributed by atoms with Gasteiger partial charge in [-0.25, -0.2) is 4.68 Å². The minimum absolute atomic E-state index is 0.190. The van der Waals surface area contributed by atoms with E-state index in [1.54, 1.807) is 35.9 Å². The van der Waals surface area contributed by atoms with E-state index in [4.69, 9.17) is 17.5 Å². The summed E-state index contributed by atoms with van der Waals surface area (Å²) in [6.45, 7) is 1.80. The Labute approximate surface area is 164 Å². The highest BCUT2D eigenvalue weighted by Gasteiger charge is 2.18. The lowest BCUT2D eigenvalue weighted by Gasteiger charge is -2.11. The summed E-state index contributed by atoms with van der Waals surface area (Å²) in [6.07, 6.45) is 0. The molecule has 3 aromatic rings. The van der Waals surface area contributed by atoms with Gasteiger partial charge in [0, 0.05) is 0 Å². The summed E-state index contributed by atoms with van der Waals surface area (Å²) in [7, 11) is 0. The predicted octanol–water partition coefficient (Wildman–Crippen LogP) is 4.65. The third kappa shape index (κ3) is 4.19. The monoisotopic (exact) mass is 398 g/mol. The smallest absolute Gasteiger partial charge is 0.237 e. The number of carbonyl (C=O) groups excluding carboxylic acids is 1. The van der Waals surface area contributed by atoms with Crippen LogP contribution in [0.4, 0.5) is 5.69 Å². The lowest BCUT2D eigenvalue weighted by molar-refractivity contribution is -0.115. The molecule has 8 heteroatoms. The Bertz CT molecular complexity index is 1020. The number of rotatable bonds is 5. The maximum absolute atomic E-state index is 12.4. The first-order valence-electron chi connectivity index (χ1n) is 7.70. The molecule has 1 N–H and O–H groups in total. The summed E-state index contributed by atoms with van der Waals surface area (Å²) in [5.41, 5.74) is 1.83. The van der Waals surface area contributed by atoms with Crippen LogP contribution in [-0.2, 0) is 4.79 Å². The normalized spacial score (nSPS) is 11.5. The van der Waals surface area contributed by atoms with E-state index in [1.165, 1.54) is 23.1 Å². The van der Waals surface area contributed by atoms with Crippen molar-refractivity contribution >= 4 is 46.9 Å². The van der Waals surface area contributed by atoms with Gasteiger partial charge < -0.3 is 5.32 Å². The standard InChI is InChI=1S/C18H14N4OS3/c1-12(16(23)20-15-10-6-5-7-13(15)11-19)25-17-21-22(18(24)26-17)14-8-3-2-4-9-14/h2-10,12H,1H3,(H,20,23). The third-order valence-electron chi connectivity index (χ3n) is 3.48. The summed E-state index contributed by atoms with van der Waals surface area (Å²) < 4.78 is 3.04. The Morgan fingerprint density at radius 3 is 2.69 bits per heavy atom. The fourth-order valence-electron chi connectivity index (χ4n) is 2.17. The van der Waals surface area contributed by atoms with Gasteiger partial charge in [-0.2, -0.15) is 5.26 Å². The highest BCUT2D eigenvalue weighted by Crippen LogP contribution is 2.28. The minimum Gasteiger partial charge on any atom is -0.324 e. The van der Waals surface area contributed by atoms with Gasteiger partial charge in [0.15, 0.2) is 8.29 Å². The van der Waals surface area contributed by atoms with E-state index < -0.39 is 0 Å². The highest BCUT2D eigenvalue weighted by atomic mass is 32.2. The zero-order valence-electron chi connectivity index (χ0n) is 13.7. The van der Waals surface area contributed by atoms with E-state index in [1.807, 2.05) is 30.3 Å². The molecule has 0 bridgehead atoms. The summed E-state index contributed by atoms with van der Waals surface area (Å²) in [4.78, 5) is 12.4. The molecule has 0 radical (unpaired) electrons. The highest BCUT2D eigenvalue weighted by molar-refractivity contribution is 8.02. The summed E-state index contributed by atoms with van der Waals surface area (Å²) in [5, 5.41) is 16.0. The SMILES string of the molecule is CC(Sc1nn(-c2ccccc2)c(=S)s1)C(=O)Nc1ccccc1C#N. The zero-order chi connectivity index (χ0) is 18.5. The number of nitriles is 1. The molecule has 0 aliphatic rings. The number of nitrogens with zero attached hydrogens (tertiary/aromatic N) is 3. The molecule has 3 rings (SSSR count). The molecular weight excluding hydrogens is 384 g/mol. The van der Waals surface area contributed by atoms with Crippen molar-refractivity contribution in [2.24, 2.45) is 0 Å². The Morgan fingerprint density at radius 1 is 1.27 bits per heavy atom. The summed E-state index contributed by atoms with van der Waals surface area (Å²) in [5.74, 6) is -0.190. The zero-order valence-corrected chi connectivity index (χ0v) is 16.2. The molecule has 1 unspecified atom stereocenters. The van der Waals surface area contributed by atoms with Crippen LogP contribution in [0.15, 0.2) is 58.9 Å². The molecule has 5 nitrogen and oxygen atoms in total. The molecule has 1 heterocycles. The van der Waals surface area contributed by atoms with E-state index in [-0.39, 0.29) is 11.2 Å². The second-order valence-corrected chi connectivity index (χ2v) is 8.50. The van der Waals surface area contributed by atoms with Crippen molar-refractivity contribution in [3.05, 3.63) is 64.1 Å². The van der Waals surface area contributed by atoms with E-state index >= 15 is 0 Å². The van der Waals surface area contributed by atoms with Crippen LogP contribution in [0, 0.1) is 15.3 Å². The number of thioether (sulfide) groups is 1. The van der Waals surface area contributed by atoms with Crippen LogP contribution in [-0.4, -0.2) is 20.9 Å². The van der Waals surface area contributed by atoms with Gasteiger partial charge in [-0.05, 0) is 43.4 Å². The van der Waals surface area contributed by atoms with Crippen molar-refractivity contribution in [3.63, 3.8) is 0 Å². The topological polar surface area (TPSA) is 70.7 Å². The van der Waals surface area contributed by atoms with Crippen LogP contribution in [0.5, 0.6) is 0 Å². The molecule has 0 saturated carbocycles. The van der Waals surface area contributed by atoms with Crippen molar-refractivity contribution < 1.29 is 4.79 Å². The third-order valence-corrected chi connectivity index (χ3v) is 5.90. The van der Waals surface area contributed by atoms with Crippen LogP contribution in [0.1, 0.15) is 12.5 Å². The molecule has 2 aromatic carbocycles. The second-order valence-electron chi connectivity index (χ2n) is 5.29. The molecule has 130 valence electrons. The Kier molecular flexibility index (Phi) is 5.83. The Balaban J connectivity index is 1.72. The fourth-order valence-corrected chi connectivity index (χ4v) is 4.67. The number of para-hydroxylation sites is 2. The molecule has 0 aliphatic carbocycles. The maximum Gasteiger partial charge on any atom is 0.237 e. The molecular formula is C18H14N4OS3. The van der Waals surface area contributed by atoms with Crippen LogP contribution >= 0.6 is 35.3 Å². The quantitative estimate of drug-likeness (QED) is 0.500. The number of aromatic nitrogens is 2. The lowest BCUT2D eigenvalue weighted by Crippen LogP contribution is -2.22. The summed E-state index contributed by atoms with van der Waals surface area (Å²) in [6, 6.07) is 18.6. The van der Waals surface area contributed by atoms with E-state index in [0.717, 1.165) is 10.0 Å². The Morgan fingerprint density at radius 2 is 1.96 bits per heavy atom. The molecule has 0 saturated heterocycles. The molecule has 0 aliphatic heterocycles. The van der Waals surface area contributed by atoms with Gasteiger partial charge in [0.25, 0.3) is 0 Å². The predicted molar refractivity (Wildman–Crippen MR) is 107 cm³/mol. The fraction of sp³-hybridized carbons (Fsp3) is 0.111. The lowest BCUT2D eigenvalue weighted by atomic mass is 10.2. The van der Waals surface area contributed by atoms with Crippen molar-refractivity contribution in [2.45, 2.75) is 16.5 Å². The van der Waals surface area contributed by atoms with Gasteiger partial charge in [0.1, 0.15) is 6.07 Å². The van der Waals surface area contributed by atoms with Crippen LogP contribution in [0.25, 0.3) is 5.69 Å². The molecule has 1 aromatic heterocycles. The van der Waals surface area contributed by atoms with Crippen LogP contribution in [0.2, 0.25) is 0 Å². The average molecular weight is 399 g/mol. The van der Waals surface area contributed by atoms with E-state index in [2.05, 4.69) is 16.5 Å². The minimum atomic E-state index is -0.383. The maximum atomic E-state index is 12.4. The first-order chi connectivity index (χ1) is 12.6. The number of benzene rings is 2. The first-order valence-corrected chi connectivity index (χ1v) is 9.81. The van der Waals surface area contributed by atoms with Crippen LogP contribution < -0.4 is 5.32 Å². The largest absolute Gasteiger partial charge is 0.324 e. The number of carbonyl (C=O) groups is 1. The number of amides is 1. The number of hydrogen-bond donors (Lipinski definition) is 1. The van der Waals surface area contributed by atoms with Gasteiger partial charge in [-0.3, -0.25) is 4.79 Å². The van der Waals surface area contributed by atoms with E-state index in [9.17, 15) is 4.79 Å². The van der Waals surface area contributed by atoms with Crippen LogP contribution in [0.3, 0.4) is 0 Å². The van der Waals surface area contributed by atoms with Gasteiger partial charge >= 0.3 is 0 Å². The summed E-state index contributed by atoms with van der Waals surface area (Å²) >= 11 is 8.09. The van der Waals surface area contributed by atoms with Gasteiger partial charge in [0.05, 0.1) is 22.2 Å². The van der Waals surface area contributed by atoms with Gasteiger partial charge in [-0.1, -0.05) is 53.4 Å². The Hall–Kier alpha value is -2.47. The first kappa shape index (κ1) is 18.3. The molecule has 0 fully saturated rings. The average Bonchev–Trinajstić information content (AvgIpc) is 3.03. The number of nitrogens with one attached hydrogen (secondary N) is 1. The second kappa shape index (κ2) is 8.27. The molecule has 1 amide bonds. The van der Waals surface area contributed by atoms with Crippen molar-refractivity contribution in [3.8, 4) is 11.8 Å². The number of anilines is 1. The van der Waals surface area contributed by atoms with Gasteiger partial charge in [-0.15, -0.1) is 5.10 Å². The molecule has 0 spiro atoms. The molecule has 26 heavy (non-hydrogen) atoms. The van der Waals surface area contributed by atoms with Crippen molar-refractivity contribution in [2.75, 3.05) is 5.32 Å². The van der Waals surface area contributed by atoms with Crippen molar-refractivity contribution in [1.82, 2.24) is 9.78 Å².